The van der Waals surface area contributed by atoms with Crippen molar-refractivity contribution in [3.63, 3.8) is 0 Å². The quantitative estimate of drug-likeness (QED) is 0.620. The molecule has 0 bridgehead atoms. The van der Waals surface area contributed by atoms with E-state index in [-0.39, 0.29) is 19.1 Å². The van der Waals surface area contributed by atoms with Crippen LogP contribution in [0.1, 0.15) is 56.0 Å². The first-order valence-electron chi connectivity index (χ1n) is 8.58. The van der Waals surface area contributed by atoms with Crippen LogP contribution < -0.4 is 5.32 Å². The minimum atomic E-state index is -0.912. The normalized spacial score (nSPS) is 13.8. The maximum atomic E-state index is 11.9. The Labute approximate surface area is 139 Å². The summed E-state index contributed by atoms with van der Waals surface area (Å²) in [6.45, 7) is 6.50. The molecule has 1 aromatic rings. The second kappa shape index (κ2) is 10.4. The van der Waals surface area contributed by atoms with Gasteiger partial charge in [0, 0.05) is 12.1 Å². The summed E-state index contributed by atoms with van der Waals surface area (Å²) in [6.07, 6.45) is 3.91. The van der Waals surface area contributed by atoms with Crippen LogP contribution in [0.2, 0.25) is 0 Å². The Morgan fingerprint density at radius 2 is 1.78 bits per heavy atom. The molecule has 0 spiro atoms. The molecule has 130 valence electrons. The molecule has 0 aliphatic heterocycles. The Kier molecular flexibility index (Phi) is 8.89. The standard InChI is InChI=1S/C19H31NO3/c1-14(2)5-4-6-15(3)11-16-7-9-17(10-8-16)19(23)20-12-18(22)13-21/h7-10,14-15,18,21-22H,4-6,11-13H2,1-3H3,(H,20,23). The molecular formula is C19H31NO3. The molecule has 0 fully saturated rings. The summed E-state index contributed by atoms with van der Waals surface area (Å²) in [5.41, 5.74) is 1.82. The predicted molar refractivity (Wildman–Crippen MR) is 93.4 cm³/mol. The number of hydrogen-bond acceptors (Lipinski definition) is 3. The predicted octanol–water partition coefficient (Wildman–Crippen LogP) is 2.77. The maximum Gasteiger partial charge on any atom is 0.251 e. The maximum absolute atomic E-state index is 11.9. The number of aliphatic hydroxyl groups excluding tert-OH is 2. The van der Waals surface area contributed by atoms with Gasteiger partial charge in [-0.1, -0.05) is 52.2 Å². The van der Waals surface area contributed by atoms with Crippen LogP contribution in [0.15, 0.2) is 24.3 Å². The van der Waals surface area contributed by atoms with E-state index in [0.29, 0.717) is 11.5 Å². The van der Waals surface area contributed by atoms with Crippen LogP contribution in [-0.4, -0.2) is 35.4 Å². The number of benzene rings is 1. The van der Waals surface area contributed by atoms with E-state index in [4.69, 9.17) is 5.11 Å². The second-order valence-electron chi connectivity index (χ2n) is 6.88. The van der Waals surface area contributed by atoms with Gasteiger partial charge in [-0.15, -0.1) is 0 Å². The van der Waals surface area contributed by atoms with E-state index in [1.807, 2.05) is 24.3 Å². The molecule has 0 aliphatic carbocycles. The van der Waals surface area contributed by atoms with E-state index in [2.05, 4.69) is 26.1 Å². The number of nitrogens with one attached hydrogen (secondary N) is 1. The van der Waals surface area contributed by atoms with Crippen LogP contribution in [0.25, 0.3) is 0 Å². The minimum Gasteiger partial charge on any atom is -0.394 e. The first-order valence-corrected chi connectivity index (χ1v) is 8.58. The smallest absolute Gasteiger partial charge is 0.251 e. The summed E-state index contributed by atoms with van der Waals surface area (Å²) < 4.78 is 0. The Morgan fingerprint density at radius 3 is 2.35 bits per heavy atom. The first kappa shape index (κ1) is 19.7. The molecule has 3 N–H and O–H groups in total. The highest BCUT2D eigenvalue weighted by Crippen LogP contribution is 2.17. The van der Waals surface area contributed by atoms with Gasteiger partial charge in [0.25, 0.3) is 5.91 Å². The highest BCUT2D eigenvalue weighted by Gasteiger charge is 2.09. The molecule has 2 atom stereocenters. The van der Waals surface area contributed by atoms with Crippen molar-refractivity contribution in [1.82, 2.24) is 5.32 Å². The lowest BCUT2D eigenvalue weighted by Crippen LogP contribution is -2.33. The Hall–Kier alpha value is -1.39. The molecule has 23 heavy (non-hydrogen) atoms. The van der Waals surface area contributed by atoms with E-state index in [1.165, 1.54) is 24.8 Å². The van der Waals surface area contributed by atoms with Crippen LogP contribution >= 0.6 is 0 Å². The van der Waals surface area contributed by atoms with Crippen molar-refractivity contribution in [2.75, 3.05) is 13.2 Å². The summed E-state index contributed by atoms with van der Waals surface area (Å²) in [6, 6.07) is 7.63. The number of carbonyl (C=O) groups excluding carboxylic acids is 1. The second-order valence-corrected chi connectivity index (χ2v) is 6.88. The molecule has 1 amide bonds. The third-order valence-electron chi connectivity index (χ3n) is 3.99. The van der Waals surface area contributed by atoms with Gasteiger partial charge in [0.05, 0.1) is 12.7 Å². The number of hydrogen-bond donors (Lipinski definition) is 3. The number of carbonyl (C=O) groups is 1. The number of aliphatic hydroxyl groups is 2. The van der Waals surface area contributed by atoms with Crippen molar-refractivity contribution in [3.05, 3.63) is 35.4 Å². The molecule has 1 aromatic carbocycles. The van der Waals surface area contributed by atoms with Gasteiger partial charge in [0.1, 0.15) is 0 Å². The highest BCUT2D eigenvalue weighted by molar-refractivity contribution is 5.94. The van der Waals surface area contributed by atoms with Gasteiger partial charge in [-0.05, 0) is 36.0 Å². The van der Waals surface area contributed by atoms with Gasteiger partial charge >= 0.3 is 0 Å². The molecule has 4 nitrogen and oxygen atoms in total. The van der Waals surface area contributed by atoms with E-state index < -0.39 is 6.10 Å². The van der Waals surface area contributed by atoms with Crippen LogP contribution in [0, 0.1) is 11.8 Å². The molecule has 0 radical (unpaired) electrons. The summed E-state index contributed by atoms with van der Waals surface area (Å²) in [7, 11) is 0. The fourth-order valence-corrected chi connectivity index (χ4v) is 2.55. The Balaban J connectivity index is 2.41. The lowest BCUT2D eigenvalue weighted by molar-refractivity contribution is 0.0802. The van der Waals surface area contributed by atoms with Crippen LogP contribution in [0.4, 0.5) is 0 Å². The molecular weight excluding hydrogens is 290 g/mol. The number of amides is 1. The third-order valence-corrected chi connectivity index (χ3v) is 3.99. The zero-order valence-corrected chi connectivity index (χ0v) is 14.6. The molecule has 0 saturated carbocycles. The highest BCUT2D eigenvalue weighted by atomic mass is 16.3. The van der Waals surface area contributed by atoms with Gasteiger partial charge in [-0.3, -0.25) is 4.79 Å². The van der Waals surface area contributed by atoms with Gasteiger partial charge in [-0.25, -0.2) is 0 Å². The Bertz CT molecular complexity index is 456. The largest absolute Gasteiger partial charge is 0.394 e. The van der Waals surface area contributed by atoms with Crippen molar-refractivity contribution < 1.29 is 15.0 Å². The molecule has 0 aromatic heterocycles. The average Bonchev–Trinajstić information content (AvgIpc) is 2.52. The minimum absolute atomic E-state index is 0.0595. The topological polar surface area (TPSA) is 69.6 Å². The van der Waals surface area contributed by atoms with Crippen LogP contribution in [-0.2, 0) is 6.42 Å². The zero-order valence-electron chi connectivity index (χ0n) is 14.6. The first-order chi connectivity index (χ1) is 10.9. The van der Waals surface area contributed by atoms with E-state index in [9.17, 15) is 9.90 Å². The molecule has 4 heteroatoms. The van der Waals surface area contributed by atoms with Crippen LogP contribution in [0.3, 0.4) is 0 Å². The third kappa shape index (κ3) is 8.14. The van der Waals surface area contributed by atoms with Gasteiger partial charge in [0.15, 0.2) is 0 Å². The van der Waals surface area contributed by atoms with Gasteiger partial charge in [-0.2, -0.15) is 0 Å². The monoisotopic (exact) mass is 321 g/mol. The molecule has 0 heterocycles. The summed E-state index contributed by atoms with van der Waals surface area (Å²) in [5.74, 6) is 1.19. The van der Waals surface area contributed by atoms with Crippen molar-refractivity contribution in [3.8, 4) is 0 Å². The van der Waals surface area contributed by atoms with Crippen molar-refractivity contribution in [2.45, 2.75) is 52.6 Å². The van der Waals surface area contributed by atoms with Crippen molar-refractivity contribution in [2.24, 2.45) is 11.8 Å². The van der Waals surface area contributed by atoms with E-state index in [0.717, 1.165) is 12.3 Å². The van der Waals surface area contributed by atoms with E-state index >= 15 is 0 Å². The Morgan fingerprint density at radius 1 is 1.13 bits per heavy atom. The lowest BCUT2D eigenvalue weighted by atomic mass is 9.93. The summed E-state index contributed by atoms with van der Waals surface area (Å²) in [5, 5.41) is 20.6. The fourth-order valence-electron chi connectivity index (χ4n) is 2.55. The molecule has 0 saturated heterocycles. The fraction of sp³-hybridized carbons (Fsp3) is 0.632. The average molecular weight is 321 g/mol. The summed E-state index contributed by atoms with van der Waals surface area (Å²) >= 11 is 0. The van der Waals surface area contributed by atoms with Crippen molar-refractivity contribution in [1.29, 1.82) is 0 Å². The van der Waals surface area contributed by atoms with E-state index in [1.54, 1.807) is 0 Å². The van der Waals surface area contributed by atoms with Crippen molar-refractivity contribution >= 4 is 5.91 Å². The van der Waals surface area contributed by atoms with Gasteiger partial charge < -0.3 is 15.5 Å². The number of rotatable bonds is 10. The molecule has 1 rings (SSSR count). The SMILES string of the molecule is CC(C)CCCC(C)Cc1ccc(C(=O)NCC(O)CO)cc1. The zero-order chi connectivity index (χ0) is 17.2. The van der Waals surface area contributed by atoms with Gasteiger partial charge in [0.2, 0.25) is 0 Å². The molecule has 0 aliphatic rings. The lowest BCUT2D eigenvalue weighted by Gasteiger charge is -2.13. The van der Waals surface area contributed by atoms with Crippen LogP contribution in [0.5, 0.6) is 0 Å². The summed E-state index contributed by atoms with van der Waals surface area (Å²) in [4.78, 5) is 11.9. The molecule has 2 unspecified atom stereocenters.